The Morgan fingerprint density at radius 2 is 2.32 bits per heavy atom. The Hall–Kier alpha value is -1.43. The molecule has 1 aliphatic rings. The van der Waals surface area contributed by atoms with Gasteiger partial charge in [-0.05, 0) is 25.7 Å². The van der Waals surface area contributed by atoms with E-state index in [1.54, 1.807) is 0 Å². The zero-order valence-electron chi connectivity index (χ0n) is 11.3. The van der Waals surface area contributed by atoms with Crippen LogP contribution in [0, 0.1) is 5.82 Å². The minimum Gasteiger partial charge on any atom is -0.376 e. The molecule has 0 bridgehead atoms. The van der Waals surface area contributed by atoms with Crippen molar-refractivity contribution in [2.75, 3.05) is 30.3 Å². The van der Waals surface area contributed by atoms with Gasteiger partial charge >= 0.3 is 0 Å². The second-order valence-electron chi connectivity index (χ2n) is 4.69. The van der Waals surface area contributed by atoms with Crippen LogP contribution in [0.5, 0.6) is 0 Å². The Kier molecular flexibility index (Phi) is 5.32. The van der Waals surface area contributed by atoms with Crippen LogP contribution in [0.2, 0.25) is 0 Å². The molecule has 1 unspecified atom stereocenters. The molecule has 0 aliphatic carbocycles. The lowest BCUT2D eigenvalue weighted by molar-refractivity contribution is 0.0247. The van der Waals surface area contributed by atoms with Crippen molar-refractivity contribution in [2.24, 2.45) is 0 Å². The van der Waals surface area contributed by atoms with Crippen LogP contribution < -0.4 is 10.6 Å². The molecule has 2 rings (SSSR count). The molecule has 1 fully saturated rings. The molecular formula is C13H21FN4O. The molecular weight excluding hydrogens is 247 g/mol. The van der Waals surface area contributed by atoms with E-state index < -0.39 is 5.82 Å². The minimum absolute atomic E-state index is 0.148. The predicted octanol–water partition coefficient (Wildman–Crippen LogP) is 2.42. The quantitative estimate of drug-likeness (QED) is 0.829. The van der Waals surface area contributed by atoms with Gasteiger partial charge in [0.2, 0.25) is 5.95 Å². The molecule has 0 saturated carbocycles. The fraction of sp³-hybridized carbons (Fsp3) is 0.692. The van der Waals surface area contributed by atoms with Crippen LogP contribution in [0.1, 0.15) is 32.6 Å². The third-order valence-electron chi connectivity index (χ3n) is 3.05. The summed E-state index contributed by atoms with van der Waals surface area (Å²) in [5.74, 6) is 0.260. The Morgan fingerprint density at radius 3 is 3.05 bits per heavy atom. The minimum atomic E-state index is -0.433. The number of ether oxygens (including phenoxy) is 1. The number of halogens is 1. The summed E-state index contributed by atoms with van der Waals surface area (Å²) in [5, 5.41) is 6.05. The second-order valence-corrected chi connectivity index (χ2v) is 4.69. The van der Waals surface area contributed by atoms with Crippen molar-refractivity contribution in [3.63, 3.8) is 0 Å². The van der Waals surface area contributed by atoms with Gasteiger partial charge in [0, 0.05) is 19.7 Å². The second kappa shape index (κ2) is 7.23. The van der Waals surface area contributed by atoms with Crippen LogP contribution in [0.4, 0.5) is 16.2 Å². The summed E-state index contributed by atoms with van der Waals surface area (Å²) in [5.41, 5.74) is 0. The highest BCUT2D eigenvalue weighted by Gasteiger charge is 2.15. The van der Waals surface area contributed by atoms with E-state index in [2.05, 4.69) is 27.5 Å². The molecule has 5 nitrogen and oxygen atoms in total. The SMILES string of the molecule is CCCNc1ncc(F)c(NCC2CCCCO2)n1. The maximum Gasteiger partial charge on any atom is 0.224 e. The van der Waals surface area contributed by atoms with Gasteiger partial charge in [-0.1, -0.05) is 6.92 Å². The lowest BCUT2D eigenvalue weighted by Gasteiger charge is -2.23. The summed E-state index contributed by atoms with van der Waals surface area (Å²) in [6, 6.07) is 0. The standard InChI is InChI=1S/C13H21FN4O/c1-2-6-15-13-17-9-11(14)12(18-13)16-8-10-5-3-4-7-19-10/h9-10H,2-8H2,1H3,(H2,15,16,17,18). The first-order valence-corrected chi connectivity index (χ1v) is 6.91. The molecule has 1 aromatic rings. The molecule has 1 atom stereocenters. The van der Waals surface area contributed by atoms with Crippen molar-refractivity contribution in [1.29, 1.82) is 0 Å². The molecule has 0 amide bonds. The molecule has 1 aromatic heterocycles. The Morgan fingerprint density at radius 1 is 1.42 bits per heavy atom. The number of nitrogens with zero attached hydrogens (tertiary/aromatic N) is 2. The number of hydrogen-bond acceptors (Lipinski definition) is 5. The maximum atomic E-state index is 13.6. The van der Waals surface area contributed by atoms with Crippen LogP contribution >= 0.6 is 0 Å². The molecule has 106 valence electrons. The van der Waals surface area contributed by atoms with E-state index in [-0.39, 0.29) is 11.9 Å². The summed E-state index contributed by atoms with van der Waals surface area (Å²) >= 11 is 0. The van der Waals surface area contributed by atoms with Crippen molar-refractivity contribution in [3.8, 4) is 0 Å². The van der Waals surface area contributed by atoms with Crippen molar-refractivity contribution < 1.29 is 9.13 Å². The zero-order chi connectivity index (χ0) is 13.5. The van der Waals surface area contributed by atoms with E-state index in [1.807, 2.05) is 0 Å². The number of hydrogen-bond donors (Lipinski definition) is 2. The number of nitrogens with one attached hydrogen (secondary N) is 2. The van der Waals surface area contributed by atoms with Gasteiger partial charge in [0.15, 0.2) is 11.6 Å². The van der Waals surface area contributed by atoms with Gasteiger partial charge in [-0.2, -0.15) is 4.98 Å². The number of rotatable bonds is 6. The molecule has 0 radical (unpaired) electrons. The summed E-state index contributed by atoms with van der Waals surface area (Å²) in [4.78, 5) is 8.03. The monoisotopic (exact) mass is 268 g/mol. The highest BCUT2D eigenvalue weighted by atomic mass is 19.1. The average molecular weight is 268 g/mol. The average Bonchev–Trinajstić information content (AvgIpc) is 2.46. The maximum absolute atomic E-state index is 13.6. The van der Waals surface area contributed by atoms with E-state index in [9.17, 15) is 4.39 Å². The van der Waals surface area contributed by atoms with Gasteiger partial charge < -0.3 is 15.4 Å². The molecule has 0 aromatic carbocycles. The fourth-order valence-corrected chi connectivity index (χ4v) is 1.99. The largest absolute Gasteiger partial charge is 0.376 e. The molecule has 2 N–H and O–H groups in total. The van der Waals surface area contributed by atoms with Crippen LogP contribution in [-0.4, -0.2) is 35.8 Å². The zero-order valence-corrected chi connectivity index (χ0v) is 11.3. The van der Waals surface area contributed by atoms with Crippen LogP contribution in [0.25, 0.3) is 0 Å². The molecule has 2 heterocycles. The summed E-state index contributed by atoms with van der Waals surface area (Å²) in [6.45, 7) is 4.20. The lowest BCUT2D eigenvalue weighted by Crippen LogP contribution is -2.27. The first kappa shape index (κ1) is 14.0. The highest BCUT2D eigenvalue weighted by molar-refractivity contribution is 5.41. The third-order valence-corrected chi connectivity index (χ3v) is 3.05. The Balaban J connectivity index is 1.90. The van der Waals surface area contributed by atoms with Crippen LogP contribution in [-0.2, 0) is 4.74 Å². The summed E-state index contributed by atoms with van der Waals surface area (Å²) in [6.07, 6.45) is 5.61. The topological polar surface area (TPSA) is 59.1 Å². The van der Waals surface area contributed by atoms with Crippen molar-refractivity contribution >= 4 is 11.8 Å². The van der Waals surface area contributed by atoms with Gasteiger partial charge in [0.1, 0.15) is 0 Å². The van der Waals surface area contributed by atoms with Gasteiger partial charge in [-0.3, -0.25) is 0 Å². The van der Waals surface area contributed by atoms with E-state index >= 15 is 0 Å². The van der Waals surface area contributed by atoms with Gasteiger partial charge in [0.25, 0.3) is 0 Å². The van der Waals surface area contributed by atoms with Crippen molar-refractivity contribution in [1.82, 2.24) is 9.97 Å². The molecule has 0 spiro atoms. The summed E-state index contributed by atoms with van der Waals surface area (Å²) in [7, 11) is 0. The van der Waals surface area contributed by atoms with Gasteiger partial charge in [-0.25, -0.2) is 9.37 Å². The molecule has 19 heavy (non-hydrogen) atoms. The lowest BCUT2D eigenvalue weighted by atomic mass is 10.1. The van der Waals surface area contributed by atoms with E-state index in [4.69, 9.17) is 4.74 Å². The fourth-order valence-electron chi connectivity index (χ4n) is 1.99. The van der Waals surface area contributed by atoms with E-state index in [0.29, 0.717) is 12.5 Å². The van der Waals surface area contributed by atoms with E-state index in [0.717, 1.165) is 32.4 Å². The van der Waals surface area contributed by atoms with Gasteiger partial charge in [0.05, 0.1) is 12.3 Å². The highest BCUT2D eigenvalue weighted by Crippen LogP contribution is 2.16. The third kappa shape index (κ3) is 4.31. The normalized spacial score (nSPS) is 19.2. The molecule has 1 saturated heterocycles. The Labute approximate surface area is 113 Å². The Bertz CT molecular complexity index is 396. The molecule has 6 heteroatoms. The first-order valence-electron chi connectivity index (χ1n) is 6.91. The first-order chi connectivity index (χ1) is 9.29. The van der Waals surface area contributed by atoms with Crippen molar-refractivity contribution in [3.05, 3.63) is 12.0 Å². The van der Waals surface area contributed by atoms with Gasteiger partial charge in [-0.15, -0.1) is 0 Å². The van der Waals surface area contributed by atoms with E-state index in [1.165, 1.54) is 12.6 Å². The predicted molar refractivity (Wildman–Crippen MR) is 72.9 cm³/mol. The van der Waals surface area contributed by atoms with Crippen LogP contribution in [0.15, 0.2) is 6.20 Å². The summed E-state index contributed by atoms with van der Waals surface area (Å²) < 4.78 is 19.2. The molecule has 1 aliphatic heterocycles. The number of aromatic nitrogens is 2. The smallest absolute Gasteiger partial charge is 0.224 e. The van der Waals surface area contributed by atoms with Crippen molar-refractivity contribution in [2.45, 2.75) is 38.7 Å². The number of anilines is 2. The van der Waals surface area contributed by atoms with Crippen LogP contribution in [0.3, 0.4) is 0 Å².